The zero-order valence-electron chi connectivity index (χ0n) is 17.7. The van der Waals surface area contributed by atoms with Crippen molar-refractivity contribution < 1.29 is 16.8 Å². The van der Waals surface area contributed by atoms with Crippen LogP contribution in [-0.4, -0.2) is 60.7 Å². The minimum absolute atomic E-state index is 0.0174. The van der Waals surface area contributed by atoms with Crippen LogP contribution in [0.2, 0.25) is 5.02 Å². The second-order valence-corrected chi connectivity index (χ2v) is 11.2. The highest BCUT2D eigenvalue weighted by Crippen LogP contribution is 2.28. The molecule has 0 spiro atoms. The number of aromatic nitrogens is 4. The number of anilines is 1. The standard InChI is InChI=1S/C19H23ClN6O4S2/c1-4-25(5-2)32(29,30)18-12-14(6-11-17(18)20)21-13-19-22-23-24-26(19)15-7-9-16(10-8-15)31(3,27)28/h6-12,21H,4-5,13H2,1-3H3. The molecule has 0 aliphatic rings. The number of nitrogens with zero attached hydrogens (tertiary/aromatic N) is 5. The molecule has 3 rings (SSSR count). The number of hydrogen-bond donors (Lipinski definition) is 1. The van der Waals surface area contributed by atoms with Gasteiger partial charge in [0, 0.05) is 25.0 Å². The summed E-state index contributed by atoms with van der Waals surface area (Å²) in [4.78, 5) is 0.209. The van der Waals surface area contributed by atoms with E-state index in [1.165, 1.54) is 33.3 Å². The highest BCUT2D eigenvalue weighted by atomic mass is 35.5. The zero-order chi connectivity index (χ0) is 23.5. The molecule has 0 saturated carbocycles. The van der Waals surface area contributed by atoms with E-state index in [4.69, 9.17) is 11.6 Å². The van der Waals surface area contributed by atoms with Gasteiger partial charge in [-0.05, 0) is 52.9 Å². The largest absolute Gasteiger partial charge is 0.378 e. The number of rotatable bonds is 9. The first-order chi connectivity index (χ1) is 15.1. The second-order valence-electron chi connectivity index (χ2n) is 6.86. The molecule has 1 aromatic heterocycles. The molecule has 2 aromatic carbocycles. The quantitative estimate of drug-likeness (QED) is 0.476. The van der Waals surface area contributed by atoms with E-state index in [0.29, 0.717) is 30.3 Å². The Morgan fingerprint density at radius 2 is 1.69 bits per heavy atom. The lowest BCUT2D eigenvalue weighted by Crippen LogP contribution is -2.30. The van der Waals surface area contributed by atoms with E-state index < -0.39 is 19.9 Å². The summed E-state index contributed by atoms with van der Waals surface area (Å²) in [7, 11) is -7.04. The number of nitrogens with one attached hydrogen (secondary N) is 1. The average molecular weight is 499 g/mol. The van der Waals surface area contributed by atoms with Crippen molar-refractivity contribution in [3.05, 3.63) is 53.3 Å². The van der Waals surface area contributed by atoms with Gasteiger partial charge in [-0.15, -0.1) is 5.10 Å². The fourth-order valence-electron chi connectivity index (χ4n) is 3.05. The molecule has 0 bridgehead atoms. The number of hydrogen-bond acceptors (Lipinski definition) is 8. The Kier molecular flexibility index (Phi) is 7.18. The summed E-state index contributed by atoms with van der Waals surface area (Å²) in [5.41, 5.74) is 1.11. The van der Waals surface area contributed by atoms with Crippen LogP contribution in [0.4, 0.5) is 5.69 Å². The van der Waals surface area contributed by atoms with Crippen molar-refractivity contribution in [2.45, 2.75) is 30.2 Å². The molecule has 0 aliphatic heterocycles. The van der Waals surface area contributed by atoms with Gasteiger partial charge < -0.3 is 5.32 Å². The lowest BCUT2D eigenvalue weighted by atomic mass is 10.3. The Hall–Kier alpha value is -2.54. The van der Waals surface area contributed by atoms with E-state index >= 15 is 0 Å². The van der Waals surface area contributed by atoms with E-state index in [-0.39, 0.29) is 21.4 Å². The molecule has 0 fully saturated rings. The van der Waals surface area contributed by atoms with Crippen molar-refractivity contribution in [3.8, 4) is 5.69 Å². The highest BCUT2D eigenvalue weighted by molar-refractivity contribution is 7.90. The van der Waals surface area contributed by atoms with Crippen molar-refractivity contribution in [1.29, 1.82) is 0 Å². The monoisotopic (exact) mass is 498 g/mol. The summed E-state index contributed by atoms with van der Waals surface area (Å²) in [5.74, 6) is 0.445. The van der Waals surface area contributed by atoms with E-state index in [9.17, 15) is 16.8 Å². The molecule has 3 aromatic rings. The molecule has 32 heavy (non-hydrogen) atoms. The first-order valence-electron chi connectivity index (χ1n) is 9.69. The molecule has 0 atom stereocenters. The Morgan fingerprint density at radius 3 is 2.28 bits per heavy atom. The predicted octanol–water partition coefficient (Wildman–Crippen LogP) is 2.36. The second kappa shape index (κ2) is 9.53. The molecular formula is C19H23ClN6O4S2. The molecule has 1 heterocycles. The Bertz CT molecular complexity index is 1300. The molecule has 172 valence electrons. The summed E-state index contributed by atoms with van der Waals surface area (Å²) in [5, 5.41) is 14.9. The fraction of sp³-hybridized carbons (Fsp3) is 0.316. The molecule has 0 amide bonds. The summed E-state index contributed by atoms with van der Waals surface area (Å²) >= 11 is 6.18. The third kappa shape index (κ3) is 5.09. The van der Waals surface area contributed by atoms with Gasteiger partial charge in [0.1, 0.15) is 4.90 Å². The van der Waals surface area contributed by atoms with Crippen molar-refractivity contribution in [1.82, 2.24) is 24.5 Å². The van der Waals surface area contributed by atoms with Crippen LogP contribution >= 0.6 is 11.6 Å². The number of tetrazole rings is 1. The molecule has 0 radical (unpaired) electrons. The van der Waals surface area contributed by atoms with Crippen LogP contribution in [0.5, 0.6) is 0 Å². The molecule has 1 N–H and O–H groups in total. The molecule has 10 nitrogen and oxygen atoms in total. The highest BCUT2D eigenvalue weighted by Gasteiger charge is 2.24. The smallest absolute Gasteiger partial charge is 0.244 e. The minimum atomic E-state index is -3.73. The van der Waals surface area contributed by atoms with Crippen molar-refractivity contribution >= 4 is 37.1 Å². The first-order valence-corrected chi connectivity index (χ1v) is 13.4. The summed E-state index contributed by atoms with van der Waals surface area (Å²) in [6.07, 6.45) is 1.13. The topological polar surface area (TPSA) is 127 Å². The van der Waals surface area contributed by atoms with Crippen molar-refractivity contribution in [3.63, 3.8) is 0 Å². The van der Waals surface area contributed by atoms with Gasteiger partial charge in [0.05, 0.1) is 22.2 Å². The minimum Gasteiger partial charge on any atom is -0.378 e. The third-order valence-electron chi connectivity index (χ3n) is 4.75. The molecule has 0 aliphatic carbocycles. The molecule has 0 saturated heterocycles. The molecule has 0 unspecified atom stereocenters. The first kappa shape index (κ1) is 24.1. The Morgan fingerprint density at radius 1 is 1.03 bits per heavy atom. The summed E-state index contributed by atoms with van der Waals surface area (Å²) < 4.78 is 51.8. The number of sulfonamides is 1. The van der Waals surface area contributed by atoms with Gasteiger partial charge in [-0.3, -0.25) is 0 Å². The maximum Gasteiger partial charge on any atom is 0.244 e. The van der Waals surface area contributed by atoms with Crippen LogP contribution in [0.3, 0.4) is 0 Å². The lowest BCUT2D eigenvalue weighted by Gasteiger charge is -2.20. The van der Waals surface area contributed by atoms with E-state index in [1.54, 1.807) is 32.0 Å². The van der Waals surface area contributed by atoms with Crippen LogP contribution in [0.25, 0.3) is 5.69 Å². The van der Waals surface area contributed by atoms with Gasteiger partial charge in [0.25, 0.3) is 0 Å². The van der Waals surface area contributed by atoms with Crippen LogP contribution in [0.15, 0.2) is 52.3 Å². The van der Waals surface area contributed by atoms with E-state index in [1.807, 2.05) is 0 Å². The van der Waals surface area contributed by atoms with Crippen molar-refractivity contribution in [2.75, 3.05) is 24.7 Å². The normalized spacial score (nSPS) is 12.3. The zero-order valence-corrected chi connectivity index (χ0v) is 20.1. The Labute approximate surface area is 192 Å². The third-order valence-corrected chi connectivity index (χ3v) is 8.41. The average Bonchev–Trinajstić information content (AvgIpc) is 3.22. The van der Waals surface area contributed by atoms with E-state index in [2.05, 4.69) is 20.8 Å². The SMILES string of the molecule is CCN(CC)S(=O)(=O)c1cc(NCc2nnnn2-c2ccc(S(C)(=O)=O)cc2)ccc1Cl. The van der Waals surface area contributed by atoms with Gasteiger partial charge in [-0.25, -0.2) is 16.8 Å². The number of sulfone groups is 1. The molecular weight excluding hydrogens is 476 g/mol. The van der Waals surface area contributed by atoms with Gasteiger partial charge in [0.2, 0.25) is 10.0 Å². The van der Waals surface area contributed by atoms with Crippen LogP contribution in [0, 0.1) is 0 Å². The van der Waals surface area contributed by atoms with Crippen molar-refractivity contribution in [2.24, 2.45) is 0 Å². The Balaban J connectivity index is 1.83. The van der Waals surface area contributed by atoms with E-state index in [0.717, 1.165) is 6.26 Å². The van der Waals surface area contributed by atoms with Gasteiger partial charge in [-0.2, -0.15) is 8.99 Å². The maximum atomic E-state index is 12.9. The summed E-state index contributed by atoms with van der Waals surface area (Å²) in [6, 6.07) is 10.8. The number of benzene rings is 2. The maximum absolute atomic E-state index is 12.9. The van der Waals surface area contributed by atoms with Gasteiger partial charge in [-0.1, -0.05) is 25.4 Å². The van der Waals surface area contributed by atoms with Crippen LogP contribution < -0.4 is 5.32 Å². The lowest BCUT2D eigenvalue weighted by molar-refractivity contribution is 0.445. The fourth-order valence-corrected chi connectivity index (χ4v) is 5.63. The number of halogens is 1. The van der Waals surface area contributed by atoms with Gasteiger partial charge >= 0.3 is 0 Å². The van der Waals surface area contributed by atoms with Gasteiger partial charge in [0.15, 0.2) is 15.7 Å². The molecule has 13 heteroatoms. The summed E-state index contributed by atoms with van der Waals surface area (Å²) in [6.45, 7) is 4.38. The van der Waals surface area contributed by atoms with Crippen LogP contribution in [-0.2, 0) is 26.4 Å². The predicted molar refractivity (Wildman–Crippen MR) is 121 cm³/mol. The van der Waals surface area contributed by atoms with Crippen LogP contribution in [0.1, 0.15) is 19.7 Å².